The van der Waals surface area contributed by atoms with Crippen molar-refractivity contribution in [2.24, 2.45) is 0 Å². The summed E-state index contributed by atoms with van der Waals surface area (Å²) in [7, 11) is -1.94. The summed E-state index contributed by atoms with van der Waals surface area (Å²) >= 11 is 0. The molecule has 1 amide bonds. The van der Waals surface area contributed by atoms with Gasteiger partial charge < -0.3 is 14.6 Å². The molecule has 25 heavy (non-hydrogen) atoms. The Balaban J connectivity index is 2.44. The van der Waals surface area contributed by atoms with Crippen molar-refractivity contribution in [3.8, 4) is 0 Å². The molecular formula is C16H21N3O5S. The standard InChI is InChI=1S/C16H21N3O5S/c1-16(2,15(21)22)18(3)14(20)9-19-12-8-6-5-7-11(12)17-13(19)10-25(4,23)24/h5-8H,9-10H2,1-4H3,(H,21,22). The quantitative estimate of drug-likeness (QED) is 0.812. The van der Waals surface area contributed by atoms with Gasteiger partial charge in [0.25, 0.3) is 0 Å². The minimum Gasteiger partial charge on any atom is -0.480 e. The molecule has 0 spiro atoms. The third kappa shape index (κ3) is 3.98. The van der Waals surface area contributed by atoms with Gasteiger partial charge in [0.1, 0.15) is 23.7 Å². The van der Waals surface area contributed by atoms with E-state index in [0.29, 0.717) is 11.0 Å². The lowest BCUT2D eigenvalue weighted by molar-refractivity contribution is -0.155. The van der Waals surface area contributed by atoms with Crippen LogP contribution >= 0.6 is 0 Å². The number of aromatic nitrogens is 2. The third-order valence-electron chi connectivity index (χ3n) is 4.15. The van der Waals surface area contributed by atoms with E-state index in [9.17, 15) is 23.1 Å². The Kier molecular flexibility index (Phi) is 4.90. The van der Waals surface area contributed by atoms with Gasteiger partial charge in [-0.3, -0.25) is 4.79 Å². The van der Waals surface area contributed by atoms with Gasteiger partial charge in [0.2, 0.25) is 5.91 Å². The lowest BCUT2D eigenvalue weighted by Crippen LogP contribution is -2.51. The van der Waals surface area contributed by atoms with Crippen LogP contribution in [-0.2, 0) is 31.7 Å². The fourth-order valence-corrected chi connectivity index (χ4v) is 3.03. The average Bonchev–Trinajstić information content (AvgIpc) is 2.82. The number of fused-ring (bicyclic) bond motifs is 1. The highest BCUT2D eigenvalue weighted by Gasteiger charge is 2.35. The van der Waals surface area contributed by atoms with Crippen LogP contribution in [0.15, 0.2) is 24.3 Å². The summed E-state index contributed by atoms with van der Waals surface area (Å²) in [6.45, 7) is 2.66. The fraction of sp³-hybridized carbons (Fsp3) is 0.438. The molecule has 1 N–H and O–H groups in total. The molecule has 0 bridgehead atoms. The van der Waals surface area contributed by atoms with Crippen LogP contribution in [0.3, 0.4) is 0 Å². The van der Waals surface area contributed by atoms with Crippen LogP contribution in [0.2, 0.25) is 0 Å². The second-order valence-electron chi connectivity index (χ2n) is 6.49. The Morgan fingerprint density at radius 1 is 1.28 bits per heavy atom. The van der Waals surface area contributed by atoms with E-state index in [-0.39, 0.29) is 18.1 Å². The van der Waals surface area contributed by atoms with Gasteiger partial charge in [0.15, 0.2) is 9.84 Å². The van der Waals surface area contributed by atoms with Crippen LogP contribution in [0.5, 0.6) is 0 Å². The van der Waals surface area contributed by atoms with E-state index in [1.165, 1.54) is 25.5 Å². The molecule has 2 aromatic rings. The molecular weight excluding hydrogens is 346 g/mol. The molecule has 1 heterocycles. The highest BCUT2D eigenvalue weighted by molar-refractivity contribution is 7.89. The van der Waals surface area contributed by atoms with Crippen molar-refractivity contribution in [3.63, 3.8) is 0 Å². The fourth-order valence-electron chi connectivity index (χ4n) is 2.34. The number of carboxylic acids is 1. The maximum Gasteiger partial charge on any atom is 0.329 e. The monoisotopic (exact) mass is 367 g/mol. The molecule has 1 aromatic heterocycles. The molecule has 0 fully saturated rings. The SMILES string of the molecule is CN(C(=O)Cn1c(CS(C)(=O)=O)nc2ccccc21)C(C)(C)C(=O)O. The van der Waals surface area contributed by atoms with E-state index in [1.54, 1.807) is 24.3 Å². The zero-order valence-electron chi connectivity index (χ0n) is 14.6. The number of amides is 1. The van der Waals surface area contributed by atoms with E-state index in [1.807, 2.05) is 0 Å². The summed E-state index contributed by atoms with van der Waals surface area (Å²) in [5, 5.41) is 9.27. The van der Waals surface area contributed by atoms with Gasteiger partial charge in [-0.15, -0.1) is 0 Å². The van der Waals surface area contributed by atoms with Crippen LogP contribution in [0.25, 0.3) is 11.0 Å². The van der Waals surface area contributed by atoms with Crippen LogP contribution in [0.1, 0.15) is 19.7 Å². The molecule has 0 atom stereocenters. The number of para-hydroxylation sites is 2. The first-order valence-corrected chi connectivity index (χ1v) is 9.61. The average molecular weight is 367 g/mol. The van der Waals surface area contributed by atoms with Crippen LogP contribution in [-0.4, -0.2) is 58.7 Å². The van der Waals surface area contributed by atoms with Crippen molar-refractivity contribution >= 4 is 32.7 Å². The zero-order valence-corrected chi connectivity index (χ0v) is 15.4. The smallest absolute Gasteiger partial charge is 0.329 e. The molecule has 0 saturated carbocycles. The predicted octanol–water partition coefficient (Wildman–Crippen LogP) is 0.902. The maximum absolute atomic E-state index is 12.6. The molecule has 0 radical (unpaired) electrons. The second kappa shape index (κ2) is 6.47. The van der Waals surface area contributed by atoms with Crippen molar-refractivity contribution in [3.05, 3.63) is 30.1 Å². The summed E-state index contributed by atoms with van der Waals surface area (Å²) in [5.41, 5.74) is -0.185. The van der Waals surface area contributed by atoms with Gasteiger partial charge in [-0.25, -0.2) is 18.2 Å². The lowest BCUT2D eigenvalue weighted by atomic mass is 10.0. The number of carboxylic acid groups (broad SMARTS) is 1. The molecule has 0 aliphatic rings. The Bertz CT molecular complexity index is 930. The van der Waals surface area contributed by atoms with E-state index in [4.69, 9.17) is 0 Å². The van der Waals surface area contributed by atoms with Gasteiger partial charge >= 0.3 is 5.97 Å². The Morgan fingerprint density at radius 3 is 2.44 bits per heavy atom. The maximum atomic E-state index is 12.6. The van der Waals surface area contributed by atoms with E-state index < -0.39 is 27.3 Å². The molecule has 0 unspecified atom stereocenters. The number of hydrogen-bond acceptors (Lipinski definition) is 5. The van der Waals surface area contributed by atoms with Crippen LogP contribution in [0, 0.1) is 0 Å². The van der Waals surface area contributed by atoms with E-state index in [0.717, 1.165) is 11.2 Å². The zero-order chi connectivity index (χ0) is 19.0. The Morgan fingerprint density at radius 2 is 1.88 bits per heavy atom. The van der Waals surface area contributed by atoms with Gasteiger partial charge in [-0.2, -0.15) is 0 Å². The number of aliphatic carboxylic acids is 1. The number of sulfone groups is 1. The molecule has 0 aliphatic heterocycles. The predicted molar refractivity (Wildman–Crippen MR) is 92.8 cm³/mol. The molecule has 0 saturated heterocycles. The van der Waals surface area contributed by atoms with Gasteiger partial charge in [0.05, 0.1) is 11.0 Å². The van der Waals surface area contributed by atoms with Crippen molar-refractivity contribution in [2.45, 2.75) is 31.7 Å². The van der Waals surface area contributed by atoms with Crippen molar-refractivity contribution < 1.29 is 23.1 Å². The molecule has 2 rings (SSSR count). The number of benzene rings is 1. The number of carbonyl (C=O) groups is 2. The molecule has 1 aromatic carbocycles. The Hall–Kier alpha value is -2.42. The number of nitrogens with zero attached hydrogens (tertiary/aromatic N) is 3. The van der Waals surface area contributed by atoms with E-state index >= 15 is 0 Å². The van der Waals surface area contributed by atoms with Gasteiger partial charge in [-0.1, -0.05) is 12.1 Å². The van der Waals surface area contributed by atoms with Crippen molar-refractivity contribution in [1.82, 2.24) is 14.5 Å². The van der Waals surface area contributed by atoms with Crippen molar-refractivity contribution in [1.29, 1.82) is 0 Å². The number of hydrogen-bond donors (Lipinski definition) is 1. The minimum absolute atomic E-state index is 0.196. The minimum atomic E-state index is -3.35. The lowest BCUT2D eigenvalue weighted by Gasteiger charge is -2.31. The highest BCUT2D eigenvalue weighted by atomic mass is 32.2. The number of rotatable bonds is 6. The second-order valence-corrected chi connectivity index (χ2v) is 8.63. The summed E-state index contributed by atoms with van der Waals surface area (Å²) in [6, 6.07) is 7.00. The first-order chi connectivity index (χ1) is 11.4. The summed E-state index contributed by atoms with van der Waals surface area (Å²) in [5.74, 6) is -1.64. The van der Waals surface area contributed by atoms with E-state index in [2.05, 4.69) is 4.98 Å². The van der Waals surface area contributed by atoms with Crippen LogP contribution < -0.4 is 0 Å². The number of likely N-dealkylation sites (N-methyl/N-ethyl adjacent to an activating group) is 1. The van der Waals surface area contributed by atoms with Gasteiger partial charge in [0, 0.05) is 13.3 Å². The number of imidazole rings is 1. The first kappa shape index (κ1) is 18.9. The van der Waals surface area contributed by atoms with Crippen molar-refractivity contribution in [2.75, 3.05) is 13.3 Å². The number of carbonyl (C=O) groups excluding carboxylic acids is 1. The molecule has 8 nitrogen and oxygen atoms in total. The summed E-state index contributed by atoms with van der Waals surface area (Å²) < 4.78 is 24.9. The summed E-state index contributed by atoms with van der Waals surface area (Å²) in [6.07, 6.45) is 1.10. The van der Waals surface area contributed by atoms with Crippen LogP contribution in [0.4, 0.5) is 0 Å². The first-order valence-electron chi connectivity index (χ1n) is 7.55. The topological polar surface area (TPSA) is 110 Å². The largest absolute Gasteiger partial charge is 0.480 e. The molecule has 136 valence electrons. The normalized spacial score (nSPS) is 12.3. The Labute approximate surface area is 146 Å². The highest BCUT2D eigenvalue weighted by Crippen LogP contribution is 2.19. The molecule has 0 aliphatic carbocycles. The third-order valence-corrected chi connectivity index (χ3v) is 4.94. The summed E-state index contributed by atoms with van der Waals surface area (Å²) in [4.78, 5) is 29.4. The molecule has 9 heteroatoms. The van der Waals surface area contributed by atoms with Gasteiger partial charge in [-0.05, 0) is 26.0 Å².